The molecule has 3 rings (SSSR count). The van der Waals surface area contributed by atoms with Crippen molar-refractivity contribution in [1.82, 2.24) is 0 Å². The first-order valence-electron chi connectivity index (χ1n) is 9.18. The van der Waals surface area contributed by atoms with Crippen molar-refractivity contribution >= 4 is 27.9 Å². The Kier molecular flexibility index (Phi) is 5.38. The molecular formula is C21H28N2O3S. The molecule has 1 amide bonds. The Morgan fingerprint density at radius 2 is 2.00 bits per heavy atom. The van der Waals surface area contributed by atoms with Gasteiger partial charge in [-0.1, -0.05) is 20.8 Å². The van der Waals surface area contributed by atoms with Crippen molar-refractivity contribution < 1.29 is 14.3 Å². The van der Waals surface area contributed by atoms with E-state index in [-0.39, 0.29) is 11.3 Å². The number of ether oxygens (including phenoxy) is 2. The number of carbonyl (C=O) groups is 1. The molecule has 27 heavy (non-hydrogen) atoms. The van der Waals surface area contributed by atoms with Crippen LogP contribution in [0.1, 0.15) is 48.0 Å². The van der Waals surface area contributed by atoms with E-state index >= 15 is 0 Å². The van der Waals surface area contributed by atoms with E-state index in [9.17, 15) is 4.79 Å². The van der Waals surface area contributed by atoms with Crippen LogP contribution in [0.3, 0.4) is 0 Å². The SMILES string of the molecule is COc1ccc(NC(=O)c2c(N)sc3c2CCC(C(C)(C)C)C3)c(OC)c1. The number of rotatable bonds is 4. The fourth-order valence-electron chi connectivity index (χ4n) is 3.68. The van der Waals surface area contributed by atoms with E-state index < -0.39 is 0 Å². The summed E-state index contributed by atoms with van der Waals surface area (Å²) in [5.41, 5.74) is 8.85. The predicted octanol–water partition coefficient (Wildman–Crippen LogP) is 4.75. The van der Waals surface area contributed by atoms with Gasteiger partial charge in [0.1, 0.15) is 11.5 Å². The molecule has 146 valence electrons. The lowest BCUT2D eigenvalue weighted by atomic mass is 9.72. The molecule has 6 heteroatoms. The first kappa shape index (κ1) is 19.5. The van der Waals surface area contributed by atoms with Gasteiger partial charge in [-0.3, -0.25) is 4.79 Å². The average Bonchev–Trinajstić information content (AvgIpc) is 2.96. The van der Waals surface area contributed by atoms with Crippen molar-refractivity contribution in [2.75, 3.05) is 25.3 Å². The summed E-state index contributed by atoms with van der Waals surface area (Å²) in [6.07, 6.45) is 2.97. The molecule has 0 saturated heterocycles. The molecule has 0 radical (unpaired) electrons. The zero-order valence-corrected chi connectivity index (χ0v) is 17.5. The molecule has 2 aromatic rings. The van der Waals surface area contributed by atoms with Crippen LogP contribution in [-0.2, 0) is 12.8 Å². The summed E-state index contributed by atoms with van der Waals surface area (Å²) < 4.78 is 10.6. The highest BCUT2D eigenvalue weighted by molar-refractivity contribution is 7.16. The number of carbonyl (C=O) groups excluding carboxylic acids is 1. The molecule has 3 N–H and O–H groups in total. The van der Waals surface area contributed by atoms with Gasteiger partial charge in [-0.2, -0.15) is 0 Å². The van der Waals surface area contributed by atoms with Crippen molar-refractivity contribution in [3.63, 3.8) is 0 Å². The molecule has 1 aromatic heterocycles. The second-order valence-corrected chi connectivity index (χ2v) is 9.21. The highest BCUT2D eigenvalue weighted by Crippen LogP contribution is 2.43. The van der Waals surface area contributed by atoms with Crippen LogP contribution in [0.5, 0.6) is 11.5 Å². The second-order valence-electron chi connectivity index (χ2n) is 8.07. The summed E-state index contributed by atoms with van der Waals surface area (Å²) in [6.45, 7) is 6.84. The minimum absolute atomic E-state index is 0.178. The third kappa shape index (κ3) is 3.90. The van der Waals surface area contributed by atoms with Crippen molar-refractivity contribution in [2.45, 2.75) is 40.0 Å². The summed E-state index contributed by atoms with van der Waals surface area (Å²) >= 11 is 1.56. The third-order valence-electron chi connectivity index (χ3n) is 5.40. The molecule has 1 aliphatic rings. The van der Waals surface area contributed by atoms with Crippen molar-refractivity contribution in [2.24, 2.45) is 11.3 Å². The van der Waals surface area contributed by atoms with Gasteiger partial charge in [-0.15, -0.1) is 11.3 Å². The maximum atomic E-state index is 13.0. The lowest BCUT2D eigenvalue weighted by Gasteiger charge is -2.33. The van der Waals surface area contributed by atoms with Gasteiger partial charge in [0.25, 0.3) is 5.91 Å². The Morgan fingerprint density at radius 1 is 1.26 bits per heavy atom. The minimum Gasteiger partial charge on any atom is -0.497 e. The number of nitrogens with two attached hydrogens (primary N) is 1. The Labute approximate surface area is 164 Å². The molecule has 1 aromatic carbocycles. The normalized spacial score (nSPS) is 16.6. The molecule has 1 atom stereocenters. The minimum atomic E-state index is -0.178. The summed E-state index contributed by atoms with van der Waals surface area (Å²) in [7, 11) is 3.16. The van der Waals surface area contributed by atoms with E-state index in [1.165, 1.54) is 4.88 Å². The number of amides is 1. The number of nitrogen functional groups attached to an aromatic ring is 1. The quantitative estimate of drug-likeness (QED) is 0.793. The molecule has 1 aliphatic carbocycles. The van der Waals surface area contributed by atoms with Gasteiger partial charge in [0.05, 0.1) is 30.5 Å². The van der Waals surface area contributed by atoms with Gasteiger partial charge in [0, 0.05) is 10.9 Å². The Bertz CT molecular complexity index is 852. The van der Waals surface area contributed by atoms with Gasteiger partial charge in [0.15, 0.2) is 0 Å². The summed E-state index contributed by atoms with van der Waals surface area (Å²) in [6, 6.07) is 5.31. The number of methoxy groups -OCH3 is 2. The number of hydrogen-bond acceptors (Lipinski definition) is 5. The molecule has 0 saturated carbocycles. The zero-order chi connectivity index (χ0) is 19.8. The highest BCUT2D eigenvalue weighted by atomic mass is 32.1. The monoisotopic (exact) mass is 388 g/mol. The van der Waals surface area contributed by atoms with E-state index in [2.05, 4.69) is 26.1 Å². The molecule has 0 bridgehead atoms. The maximum absolute atomic E-state index is 13.0. The lowest BCUT2D eigenvalue weighted by Crippen LogP contribution is -2.27. The number of fused-ring (bicyclic) bond motifs is 1. The van der Waals surface area contributed by atoms with E-state index in [1.54, 1.807) is 43.8 Å². The van der Waals surface area contributed by atoms with Gasteiger partial charge < -0.3 is 20.5 Å². The smallest absolute Gasteiger partial charge is 0.259 e. The number of anilines is 2. The van der Waals surface area contributed by atoms with Crippen molar-refractivity contribution in [3.8, 4) is 11.5 Å². The largest absolute Gasteiger partial charge is 0.497 e. The Hall–Kier alpha value is -2.21. The van der Waals surface area contributed by atoms with E-state index in [0.717, 1.165) is 24.8 Å². The van der Waals surface area contributed by atoms with Gasteiger partial charge in [-0.05, 0) is 48.3 Å². The molecule has 0 fully saturated rings. The molecule has 5 nitrogen and oxygen atoms in total. The van der Waals surface area contributed by atoms with Crippen LogP contribution in [0.25, 0.3) is 0 Å². The van der Waals surface area contributed by atoms with Crippen LogP contribution in [0.2, 0.25) is 0 Å². The Morgan fingerprint density at radius 3 is 2.63 bits per heavy atom. The van der Waals surface area contributed by atoms with Crippen molar-refractivity contribution in [3.05, 3.63) is 34.2 Å². The Balaban J connectivity index is 1.86. The average molecular weight is 389 g/mol. The van der Waals surface area contributed by atoms with Crippen LogP contribution in [0.15, 0.2) is 18.2 Å². The maximum Gasteiger partial charge on any atom is 0.259 e. The zero-order valence-electron chi connectivity index (χ0n) is 16.6. The first-order valence-corrected chi connectivity index (χ1v) is 9.99. The molecule has 0 aliphatic heterocycles. The summed E-state index contributed by atoms with van der Waals surface area (Å²) in [5, 5.41) is 3.55. The first-order chi connectivity index (χ1) is 12.7. The highest BCUT2D eigenvalue weighted by Gasteiger charge is 2.33. The van der Waals surface area contributed by atoms with E-state index in [0.29, 0.717) is 33.7 Å². The standard InChI is InChI=1S/C21H28N2O3S/c1-21(2,3)12-6-8-14-17(10-12)27-19(22)18(14)20(24)23-15-9-7-13(25-4)11-16(15)26-5/h7,9,11-12H,6,8,10,22H2,1-5H3,(H,23,24). The van der Waals surface area contributed by atoms with E-state index in [4.69, 9.17) is 15.2 Å². The van der Waals surface area contributed by atoms with Crippen LogP contribution < -0.4 is 20.5 Å². The molecular weight excluding hydrogens is 360 g/mol. The van der Waals surface area contributed by atoms with Crippen LogP contribution in [0.4, 0.5) is 10.7 Å². The van der Waals surface area contributed by atoms with Crippen LogP contribution in [0, 0.1) is 11.3 Å². The number of nitrogens with one attached hydrogen (secondary N) is 1. The lowest BCUT2D eigenvalue weighted by molar-refractivity contribution is 0.102. The van der Waals surface area contributed by atoms with E-state index in [1.807, 2.05) is 0 Å². The predicted molar refractivity (Wildman–Crippen MR) is 111 cm³/mol. The van der Waals surface area contributed by atoms with Gasteiger partial charge in [0.2, 0.25) is 0 Å². The third-order valence-corrected chi connectivity index (χ3v) is 6.48. The topological polar surface area (TPSA) is 73.6 Å². The number of benzene rings is 1. The number of hydrogen-bond donors (Lipinski definition) is 2. The van der Waals surface area contributed by atoms with Crippen LogP contribution in [-0.4, -0.2) is 20.1 Å². The van der Waals surface area contributed by atoms with Crippen molar-refractivity contribution in [1.29, 1.82) is 0 Å². The summed E-state index contributed by atoms with van der Waals surface area (Å²) in [5.74, 6) is 1.66. The fourth-order valence-corrected chi connectivity index (χ4v) is 4.88. The fraction of sp³-hybridized carbons (Fsp3) is 0.476. The van der Waals surface area contributed by atoms with Crippen LogP contribution >= 0.6 is 11.3 Å². The molecule has 1 heterocycles. The molecule has 1 unspecified atom stereocenters. The molecule has 0 spiro atoms. The number of thiophene rings is 1. The van der Waals surface area contributed by atoms with Gasteiger partial charge >= 0.3 is 0 Å². The van der Waals surface area contributed by atoms with Gasteiger partial charge in [-0.25, -0.2) is 0 Å². The summed E-state index contributed by atoms with van der Waals surface area (Å²) in [4.78, 5) is 14.3. The second kappa shape index (κ2) is 7.43.